The van der Waals surface area contributed by atoms with E-state index in [2.05, 4.69) is 5.32 Å². The summed E-state index contributed by atoms with van der Waals surface area (Å²) < 4.78 is 19.0. The summed E-state index contributed by atoms with van der Waals surface area (Å²) in [7, 11) is 1.28. The molecule has 0 spiro atoms. The molecule has 5 heteroatoms. The second kappa shape index (κ2) is 7.27. The van der Waals surface area contributed by atoms with Gasteiger partial charge in [0.2, 0.25) is 0 Å². The number of halogens is 1. The van der Waals surface area contributed by atoms with E-state index in [0.717, 1.165) is 22.3 Å². The number of nitrogens with one attached hydrogen (secondary N) is 1. The van der Waals surface area contributed by atoms with Crippen molar-refractivity contribution in [2.45, 2.75) is 12.0 Å². The van der Waals surface area contributed by atoms with Crippen molar-refractivity contribution < 1.29 is 18.7 Å². The number of benzene rings is 3. The van der Waals surface area contributed by atoms with Gasteiger partial charge in [0.1, 0.15) is 11.9 Å². The zero-order chi connectivity index (χ0) is 19.7. The third-order valence-electron chi connectivity index (χ3n) is 5.08. The first-order valence-corrected chi connectivity index (χ1v) is 8.93. The summed E-state index contributed by atoms with van der Waals surface area (Å²) in [5, 5.41) is 2.70. The molecule has 1 aliphatic carbocycles. The summed E-state index contributed by atoms with van der Waals surface area (Å²) in [6.07, 6.45) is 0. The van der Waals surface area contributed by atoms with Gasteiger partial charge in [-0.2, -0.15) is 0 Å². The Morgan fingerprint density at radius 3 is 2.00 bits per heavy atom. The lowest BCUT2D eigenvalue weighted by atomic mass is 9.89. The molecule has 0 fully saturated rings. The number of hydrogen-bond acceptors (Lipinski definition) is 3. The molecule has 4 nitrogen and oxygen atoms in total. The van der Waals surface area contributed by atoms with Crippen LogP contribution in [0.15, 0.2) is 72.8 Å². The van der Waals surface area contributed by atoms with Crippen molar-refractivity contribution in [1.82, 2.24) is 5.32 Å². The first kappa shape index (κ1) is 17.9. The maximum Gasteiger partial charge on any atom is 0.329 e. The van der Waals surface area contributed by atoms with Crippen LogP contribution in [0.2, 0.25) is 0 Å². The lowest BCUT2D eigenvalue weighted by Gasteiger charge is -2.24. The van der Waals surface area contributed by atoms with Gasteiger partial charge in [-0.05, 0) is 34.4 Å². The number of rotatable bonds is 4. The van der Waals surface area contributed by atoms with E-state index in [4.69, 9.17) is 4.74 Å². The molecule has 0 unspecified atom stereocenters. The molecule has 28 heavy (non-hydrogen) atoms. The van der Waals surface area contributed by atoms with Crippen LogP contribution in [0, 0.1) is 5.82 Å². The minimum absolute atomic E-state index is 0.115. The maximum atomic E-state index is 14.1. The summed E-state index contributed by atoms with van der Waals surface area (Å²) in [6, 6.07) is 20.2. The van der Waals surface area contributed by atoms with Gasteiger partial charge >= 0.3 is 5.97 Å². The first-order valence-electron chi connectivity index (χ1n) is 8.93. The van der Waals surface area contributed by atoms with E-state index in [1.54, 1.807) is 6.07 Å². The quantitative estimate of drug-likeness (QED) is 0.704. The second-order valence-electron chi connectivity index (χ2n) is 6.61. The average Bonchev–Trinajstić information content (AvgIpc) is 3.06. The fourth-order valence-electron chi connectivity index (χ4n) is 3.82. The molecule has 1 N–H and O–H groups in total. The van der Waals surface area contributed by atoms with Gasteiger partial charge in [-0.25, -0.2) is 9.18 Å². The van der Waals surface area contributed by atoms with Crippen LogP contribution in [0.5, 0.6) is 0 Å². The Balaban J connectivity index is 1.78. The Kier molecular flexibility index (Phi) is 4.65. The maximum absolute atomic E-state index is 14.1. The molecule has 1 atom stereocenters. The fraction of sp³-hybridized carbons (Fsp3) is 0.130. The number of fused-ring (bicyclic) bond motifs is 3. The predicted molar refractivity (Wildman–Crippen MR) is 103 cm³/mol. The molecule has 0 radical (unpaired) electrons. The van der Waals surface area contributed by atoms with Crippen LogP contribution in [0.1, 0.15) is 27.4 Å². The van der Waals surface area contributed by atoms with Crippen LogP contribution in [0.3, 0.4) is 0 Å². The highest BCUT2D eigenvalue weighted by Gasteiger charge is 2.39. The Morgan fingerprint density at radius 2 is 1.43 bits per heavy atom. The van der Waals surface area contributed by atoms with E-state index in [1.807, 2.05) is 48.5 Å². The van der Waals surface area contributed by atoms with Crippen molar-refractivity contribution in [2.75, 3.05) is 7.11 Å². The molecule has 1 aliphatic rings. The van der Waals surface area contributed by atoms with Gasteiger partial charge in [0.25, 0.3) is 5.91 Å². The first-order chi connectivity index (χ1) is 13.6. The van der Waals surface area contributed by atoms with Gasteiger partial charge in [-0.15, -0.1) is 0 Å². The number of ether oxygens (including phenoxy) is 1. The van der Waals surface area contributed by atoms with Crippen molar-refractivity contribution in [3.63, 3.8) is 0 Å². The van der Waals surface area contributed by atoms with Crippen LogP contribution < -0.4 is 5.32 Å². The third kappa shape index (κ3) is 2.95. The van der Waals surface area contributed by atoms with E-state index in [0.29, 0.717) is 0 Å². The Labute approximate surface area is 162 Å². The zero-order valence-corrected chi connectivity index (χ0v) is 15.2. The van der Waals surface area contributed by atoms with Crippen molar-refractivity contribution >= 4 is 11.9 Å². The van der Waals surface area contributed by atoms with Gasteiger partial charge in [0, 0.05) is 5.92 Å². The van der Waals surface area contributed by atoms with Crippen LogP contribution in [0.25, 0.3) is 11.1 Å². The molecule has 4 rings (SSSR count). The second-order valence-corrected chi connectivity index (χ2v) is 6.61. The molecule has 0 saturated heterocycles. The van der Waals surface area contributed by atoms with Crippen molar-refractivity contribution in [1.29, 1.82) is 0 Å². The fourth-order valence-corrected chi connectivity index (χ4v) is 3.82. The van der Waals surface area contributed by atoms with E-state index in [-0.39, 0.29) is 5.56 Å². The number of amides is 1. The summed E-state index contributed by atoms with van der Waals surface area (Å²) in [5.74, 6) is -2.30. The van der Waals surface area contributed by atoms with E-state index in [1.165, 1.54) is 25.3 Å². The number of carbonyl (C=O) groups is 2. The molecular formula is C23H18FNO3. The van der Waals surface area contributed by atoms with Crippen molar-refractivity contribution in [3.05, 3.63) is 95.3 Å². The highest BCUT2D eigenvalue weighted by atomic mass is 19.1. The van der Waals surface area contributed by atoms with Crippen LogP contribution in [-0.2, 0) is 9.53 Å². The monoisotopic (exact) mass is 375 g/mol. The third-order valence-corrected chi connectivity index (χ3v) is 5.08. The van der Waals surface area contributed by atoms with E-state index < -0.39 is 29.7 Å². The summed E-state index contributed by atoms with van der Waals surface area (Å²) in [6.45, 7) is 0. The molecule has 0 saturated carbocycles. The Hall–Kier alpha value is -3.47. The van der Waals surface area contributed by atoms with E-state index in [9.17, 15) is 14.0 Å². The smallest absolute Gasteiger partial charge is 0.329 e. The molecule has 1 amide bonds. The molecule has 0 aliphatic heterocycles. The standard InChI is InChI=1S/C23H18FNO3/c1-28-23(27)21(25-22(26)18-12-6-7-13-19(18)24)20-16-10-4-2-8-14(16)15-9-3-5-11-17(15)20/h2-13,20-21H,1H3,(H,25,26)/t21-/m0/s1. The number of carbonyl (C=O) groups excluding carboxylic acids is 2. The van der Waals surface area contributed by atoms with Gasteiger partial charge < -0.3 is 10.1 Å². The lowest BCUT2D eigenvalue weighted by molar-refractivity contribution is -0.143. The number of hydrogen-bond donors (Lipinski definition) is 1. The SMILES string of the molecule is COC(=O)[C@@H](NC(=O)c1ccccc1F)C1c2ccccc2-c2ccccc21. The molecule has 3 aromatic rings. The van der Waals surface area contributed by atoms with E-state index >= 15 is 0 Å². The van der Waals surface area contributed by atoms with Crippen LogP contribution >= 0.6 is 0 Å². The van der Waals surface area contributed by atoms with Gasteiger partial charge in [0.05, 0.1) is 12.7 Å². The largest absolute Gasteiger partial charge is 0.467 e. The highest BCUT2D eigenvalue weighted by molar-refractivity contribution is 5.98. The number of methoxy groups -OCH3 is 1. The minimum Gasteiger partial charge on any atom is -0.467 e. The minimum atomic E-state index is -0.984. The summed E-state index contributed by atoms with van der Waals surface area (Å²) in [4.78, 5) is 25.4. The summed E-state index contributed by atoms with van der Waals surface area (Å²) in [5.41, 5.74) is 3.76. The van der Waals surface area contributed by atoms with Gasteiger partial charge in [0.15, 0.2) is 0 Å². The number of esters is 1. The molecule has 0 bridgehead atoms. The Bertz CT molecular complexity index is 1020. The summed E-state index contributed by atoms with van der Waals surface area (Å²) >= 11 is 0. The van der Waals surface area contributed by atoms with Crippen LogP contribution in [-0.4, -0.2) is 25.0 Å². The predicted octanol–water partition coefficient (Wildman–Crippen LogP) is 3.91. The normalized spacial score (nSPS) is 13.4. The van der Waals surface area contributed by atoms with Crippen LogP contribution in [0.4, 0.5) is 4.39 Å². The molecule has 140 valence electrons. The molecule has 0 aromatic heterocycles. The van der Waals surface area contributed by atoms with Gasteiger partial charge in [-0.1, -0.05) is 60.7 Å². The lowest BCUT2D eigenvalue weighted by Crippen LogP contribution is -2.45. The molecular weight excluding hydrogens is 357 g/mol. The zero-order valence-electron chi connectivity index (χ0n) is 15.2. The highest BCUT2D eigenvalue weighted by Crippen LogP contribution is 2.46. The molecule has 3 aromatic carbocycles. The van der Waals surface area contributed by atoms with Crippen molar-refractivity contribution in [3.8, 4) is 11.1 Å². The topological polar surface area (TPSA) is 55.4 Å². The average molecular weight is 375 g/mol. The van der Waals surface area contributed by atoms with Gasteiger partial charge in [-0.3, -0.25) is 4.79 Å². The molecule has 0 heterocycles. The Morgan fingerprint density at radius 1 is 0.893 bits per heavy atom. The van der Waals surface area contributed by atoms with Crippen molar-refractivity contribution in [2.24, 2.45) is 0 Å².